The van der Waals surface area contributed by atoms with Crippen LogP contribution in [0.25, 0.3) is 0 Å². The van der Waals surface area contributed by atoms with Gasteiger partial charge in [-0.1, -0.05) is 21.3 Å². The molecule has 0 atom stereocenters. The molecule has 0 amide bonds. The molecule has 0 aliphatic rings. The van der Waals surface area contributed by atoms with Crippen LogP contribution in [-0.4, -0.2) is 12.2 Å². The van der Waals surface area contributed by atoms with E-state index in [0.29, 0.717) is 0 Å². The van der Waals surface area contributed by atoms with Crippen LogP contribution in [0.5, 0.6) is 0 Å². The summed E-state index contributed by atoms with van der Waals surface area (Å²) >= 11 is 0. The Balaban J connectivity index is -0.0000000202. The van der Waals surface area contributed by atoms with E-state index in [9.17, 15) is 0 Å². The molecule has 0 aromatic heterocycles. The zero-order valence-electron chi connectivity index (χ0n) is 4.82. The van der Waals surface area contributed by atoms with E-state index in [1.54, 1.807) is 0 Å². The molecule has 9 heavy (non-hydrogen) atoms. The Morgan fingerprint density at radius 2 is 1.00 bits per heavy atom. The zero-order valence-corrected chi connectivity index (χ0v) is 4.82. The summed E-state index contributed by atoms with van der Waals surface area (Å²) in [6, 6.07) is 0. The van der Waals surface area contributed by atoms with Gasteiger partial charge < -0.3 is 0 Å². The van der Waals surface area contributed by atoms with Crippen molar-refractivity contribution in [3.8, 4) is 0 Å². The van der Waals surface area contributed by atoms with Crippen LogP contribution < -0.4 is 0 Å². The van der Waals surface area contributed by atoms with Gasteiger partial charge in [0, 0.05) is 0 Å². The molecule has 0 radical (unpaired) electrons. The number of carbonyl (C=O) groups excluding carboxylic acids is 2. The lowest BCUT2D eigenvalue weighted by Gasteiger charge is -1.07. The van der Waals surface area contributed by atoms with Crippen molar-refractivity contribution in [2.45, 2.75) is 21.3 Å². The van der Waals surface area contributed by atoms with Crippen LogP contribution in [0.2, 0.25) is 0 Å². The van der Waals surface area contributed by atoms with Crippen LogP contribution in [0.1, 0.15) is 21.3 Å². The van der Waals surface area contributed by atoms with E-state index in [4.69, 9.17) is 20.4 Å². The normalized spacial score (nSPS) is 2.44. The summed E-state index contributed by atoms with van der Waals surface area (Å²) in [4.78, 5) is 16.7. The number of rotatable bonds is 0. The Kier molecular flexibility index (Phi) is 1080. The number of isocyanates is 2. The molecule has 0 fully saturated rings. The molecule has 0 aliphatic heterocycles. The standard InChI is InChI=1S/C2H6.2CHNO.CH4/c1-2;2*2-1-3;/h1-2H3;2*2H;1H4. The second-order valence-corrected chi connectivity index (χ2v) is 0.204. The molecule has 0 rings (SSSR count). The van der Waals surface area contributed by atoms with Gasteiger partial charge in [-0.15, -0.1) is 0 Å². The second-order valence-electron chi connectivity index (χ2n) is 0.204. The minimum absolute atomic E-state index is 0. The van der Waals surface area contributed by atoms with Crippen molar-refractivity contribution in [1.29, 1.82) is 10.8 Å². The molecule has 0 bridgehead atoms. The van der Waals surface area contributed by atoms with E-state index in [0.717, 1.165) is 12.2 Å². The molecule has 0 unspecified atom stereocenters. The topological polar surface area (TPSA) is 81.8 Å². The molecule has 4 heteroatoms. The summed E-state index contributed by atoms with van der Waals surface area (Å²) in [5.74, 6) is 0. The Morgan fingerprint density at radius 3 is 1.00 bits per heavy atom. The van der Waals surface area contributed by atoms with Gasteiger partial charge in [0.05, 0.1) is 0 Å². The second kappa shape index (κ2) is 388. The predicted molar refractivity (Wildman–Crippen MR) is 34.9 cm³/mol. The van der Waals surface area contributed by atoms with E-state index in [2.05, 4.69) is 0 Å². The van der Waals surface area contributed by atoms with Crippen LogP contribution in [0.15, 0.2) is 0 Å². The number of hydrogen-bond donors (Lipinski definition) is 2. The third kappa shape index (κ3) is 99.6. The van der Waals surface area contributed by atoms with Gasteiger partial charge in [-0.25, -0.2) is 20.4 Å². The molecule has 0 aliphatic carbocycles. The Morgan fingerprint density at radius 1 is 1.00 bits per heavy atom. The summed E-state index contributed by atoms with van der Waals surface area (Å²) < 4.78 is 0. The quantitative estimate of drug-likeness (QED) is 0.386. The van der Waals surface area contributed by atoms with Crippen molar-refractivity contribution < 1.29 is 9.59 Å². The summed E-state index contributed by atoms with van der Waals surface area (Å²) in [7, 11) is 0. The lowest BCUT2D eigenvalue weighted by molar-refractivity contribution is 0.562. The highest BCUT2D eigenvalue weighted by molar-refractivity contribution is 5.26. The summed E-state index contributed by atoms with van der Waals surface area (Å²) in [5, 5.41) is 10.8. The summed E-state index contributed by atoms with van der Waals surface area (Å²) in [6.45, 7) is 4.00. The summed E-state index contributed by atoms with van der Waals surface area (Å²) in [6.07, 6.45) is 1.50. The fraction of sp³-hybridized carbons (Fsp3) is 0.600. The monoisotopic (exact) mass is 132 g/mol. The van der Waals surface area contributed by atoms with Crippen molar-refractivity contribution in [3.05, 3.63) is 0 Å². The number of hydrogen-bond acceptors (Lipinski definition) is 4. The lowest BCUT2D eigenvalue weighted by atomic mass is 11.0. The van der Waals surface area contributed by atoms with Crippen molar-refractivity contribution in [2.24, 2.45) is 0 Å². The maximum Gasteiger partial charge on any atom is 0.231 e. The van der Waals surface area contributed by atoms with Gasteiger partial charge in [-0.2, -0.15) is 0 Å². The maximum atomic E-state index is 8.35. The molecule has 2 N–H and O–H groups in total. The molecular formula is C5H12N2O2. The molecule has 0 saturated heterocycles. The van der Waals surface area contributed by atoms with Crippen LogP contribution in [-0.2, 0) is 9.59 Å². The predicted octanol–water partition coefficient (Wildman–Crippen LogP) is 1.46. The first-order valence-electron chi connectivity index (χ1n) is 1.91. The highest BCUT2D eigenvalue weighted by Gasteiger charge is 1.04. The van der Waals surface area contributed by atoms with Gasteiger partial charge in [0.1, 0.15) is 0 Å². The van der Waals surface area contributed by atoms with E-state index >= 15 is 0 Å². The fourth-order valence-electron chi connectivity index (χ4n) is 0. The molecule has 0 heterocycles. The smallest absolute Gasteiger partial charge is 0.222 e. The molecule has 0 aromatic carbocycles. The fourth-order valence-corrected chi connectivity index (χ4v) is 0. The van der Waals surface area contributed by atoms with Gasteiger partial charge in [0.2, 0.25) is 12.2 Å². The maximum absolute atomic E-state index is 8.35. The minimum atomic E-state index is 0. The van der Waals surface area contributed by atoms with E-state index in [-0.39, 0.29) is 7.43 Å². The first kappa shape index (κ1) is 25.1. The van der Waals surface area contributed by atoms with Crippen molar-refractivity contribution in [1.82, 2.24) is 0 Å². The van der Waals surface area contributed by atoms with Crippen molar-refractivity contribution in [3.63, 3.8) is 0 Å². The average molecular weight is 132 g/mol. The van der Waals surface area contributed by atoms with Crippen LogP contribution in [0.4, 0.5) is 0 Å². The Labute approximate surface area is 54.9 Å². The van der Waals surface area contributed by atoms with E-state index in [1.165, 1.54) is 0 Å². The largest absolute Gasteiger partial charge is 0.231 e. The highest BCUT2D eigenvalue weighted by Crippen LogP contribution is 1.14. The molecular weight excluding hydrogens is 120 g/mol. The Bertz CT molecular complexity index is 67.0. The molecule has 0 aromatic rings. The van der Waals surface area contributed by atoms with E-state index < -0.39 is 0 Å². The van der Waals surface area contributed by atoms with E-state index in [1.807, 2.05) is 13.8 Å². The van der Waals surface area contributed by atoms with Gasteiger partial charge in [-0.3, -0.25) is 0 Å². The van der Waals surface area contributed by atoms with Crippen LogP contribution in [0.3, 0.4) is 0 Å². The van der Waals surface area contributed by atoms with Crippen molar-refractivity contribution in [2.75, 3.05) is 0 Å². The Hall–Kier alpha value is -1.24. The third-order valence-corrected chi connectivity index (χ3v) is 0. The van der Waals surface area contributed by atoms with Crippen LogP contribution >= 0.6 is 0 Å². The zero-order chi connectivity index (χ0) is 7.41. The van der Waals surface area contributed by atoms with Crippen LogP contribution in [0, 0.1) is 10.8 Å². The number of nitrogens with one attached hydrogen (secondary N) is 2. The molecule has 4 nitrogen and oxygen atoms in total. The third-order valence-electron chi connectivity index (χ3n) is 0. The van der Waals surface area contributed by atoms with Gasteiger partial charge >= 0.3 is 0 Å². The molecule has 0 spiro atoms. The van der Waals surface area contributed by atoms with Crippen molar-refractivity contribution >= 4 is 12.2 Å². The molecule has 0 saturated carbocycles. The van der Waals surface area contributed by atoms with Gasteiger partial charge in [0.25, 0.3) is 0 Å². The highest BCUT2D eigenvalue weighted by atomic mass is 16.1. The van der Waals surface area contributed by atoms with Gasteiger partial charge in [0.15, 0.2) is 0 Å². The average Bonchev–Trinajstić information content (AvgIpc) is 1.75. The molecule has 54 valence electrons. The SMILES string of the molecule is C.CC.N=C=O.N=C=O. The minimum Gasteiger partial charge on any atom is -0.222 e. The lowest BCUT2D eigenvalue weighted by Crippen LogP contribution is -1.16. The summed E-state index contributed by atoms with van der Waals surface area (Å²) in [5.41, 5.74) is 0. The van der Waals surface area contributed by atoms with Gasteiger partial charge in [-0.05, 0) is 0 Å². The first-order chi connectivity index (χ1) is 3.83. The first-order valence-corrected chi connectivity index (χ1v) is 1.91.